The van der Waals surface area contributed by atoms with Gasteiger partial charge < -0.3 is 25.0 Å². The molecule has 5 rings (SSSR count). The lowest BCUT2D eigenvalue weighted by atomic mass is 9.96. The summed E-state index contributed by atoms with van der Waals surface area (Å²) in [5.41, 5.74) is -1.67. The van der Waals surface area contributed by atoms with E-state index >= 15 is 0 Å². The smallest absolute Gasteiger partial charge is 0.339 e. The lowest BCUT2D eigenvalue weighted by Crippen LogP contribution is -2.52. The van der Waals surface area contributed by atoms with E-state index in [1.807, 2.05) is 0 Å². The largest absolute Gasteiger partial charge is 0.435 e. The van der Waals surface area contributed by atoms with E-state index in [0.29, 0.717) is 30.9 Å². The molecule has 0 aliphatic carbocycles. The number of hydrogen-bond donors (Lipinski definition) is 2. The molecule has 2 aromatic heterocycles. The number of nitrogens with zero attached hydrogens (tertiary/aromatic N) is 6. The summed E-state index contributed by atoms with van der Waals surface area (Å²) < 4.78 is 68.0. The first-order valence-electron chi connectivity index (χ1n) is 14.2. The number of hydrogen-bond acceptors (Lipinski definition) is 6. The molecular weight excluding hydrogens is 662 g/mol. The summed E-state index contributed by atoms with van der Waals surface area (Å²) in [5, 5.41) is 9.12. The molecule has 2 aliphatic heterocycles. The molecule has 0 saturated carbocycles. The van der Waals surface area contributed by atoms with Crippen LogP contribution in [0.25, 0.3) is 11.3 Å². The minimum atomic E-state index is -4.94. The first kappa shape index (κ1) is 35.1. The Morgan fingerprint density at radius 1 is 1.09 bits per heavy atom. The van der Waals surface area contributed by atoms with Crippen LogP contribution in [0.5, 0.6) is 0 Å². The average Bonchev–Trinajstić information content (AvgIpc) is 3.60. The minimum absolute atomic E-state index is 0. The summed E-state index contributed by atoms with van der Waals surface area (Å²) in [5.74, 6) is -1.27. The van der Waals surface area contributed by atoms with Crippen LogP contribution >= 0.6 is 24.0 Å². The fourth-order valence-electron chi connectivity index (χ4n) is 5.50. The zero-order valence-electron chi connectivity index (χ0n) is 24.5. The molecule has 18 heteroatoms. The number of carbonyl (C=O) groups excluding carboxylic acids is 3. The van der Waals surface area contributed by atoms with Crippen LogP contribution < -0.4 is 10.6 Å². The SMILES string of the molecule is Cl.Cn1c(-c2cn(CC(F)F)nc2C(F)(F)F)cnc1C(=O)Nc1ccc(C(=O)N2CCN(C(=O)C3CCNCC3)CC2)c(Cl)c1. The highest BCUT2D eigenvalue weighted by Gasteiger charge is 2.39. The fourth-order valence-corrected chi connectivity index (χ4v) is 5.77. The molecule has 2 N–H and O–H groups in total. The summed E-state index contributed by atoms with van der Waals surface area (Å²) in [7, 11) is 1.30. The van der Waals surface area contributed by atoms with Crippen molar-refractivity contribution < 1.29 is 36.3 Å². The molecule has 2 saturated heterocycles. The van der Waals surface area contributed by atoms with Crippen molar-refractivity contribution in [1.82, 2.24) is 34.4 Å². The number of halogens is 7. The van der Waals surface area contributed by atoms with Gasteiger partial charge in [0.1, 0.15) is 6.54 Å². The number of aromatic nitrogens is 4. The number of rotatable bonds is 7. The molecule has 11 nitrogen and oxygen atoms in total. The van der Waals surface area contributed by atoms with Gasteiger partial charge in [0.2, 0.25) is 5.91 Å². The van der Waals surface area contributed by atoms with Crippen molar-refractivity contribution in [3.05, 3.63) is 52.7 Å². The van der Waals surface area contributed by atoms with Gasteiger partial charge in [-0.15, -0.1) is 12.4 Å². The minimum Gasteiger partial charge on any atom is -0.339 e. The molecule has 0 atom stereocenters. The number of piperidine rings is 1. The zero-order valence-corrected chi connectivity index (χ0v) is 26.1. The third-order valence-electron chi connectivity index (χ3n) is 7.85. The van der Waals surface area contributed by atoms with Crippen molar-refractivity contribution in [2.24, 2.45) is 13.0 Å². The second-order valence-corrected chi connectivity index (χ2v) is 11.2. The molecule has 2 fully saturated rings. The van der Waals surface area contributed by atoms with E-state index in [-0.39, 0.29) is 57.9 Å². The highest BCUT2D eigenvalue weighted by molar-refractivity contribution is 6.34. The molecule has 0 radical (unpaired) electrons. The van der Waals surface area contributed by atoms with Gasteiger partial charge in [-0.2, -0.15) is 18.3 Å². The number of alkyl halides is 5. The normalized spacial score (nSPS) is 16.0. The van der Waals surface area contributed by atoms with Crippen molar-refractivity contribution in [1.29, 1.82) is 0 Å². The third kappa shape index (κ3) is 7.61. The zero-order chi connectivity index (χ0) is 32.5. The van der Waals surface area contributed by atoms with Gasteiger partial charge in [0.15, 0.2) is 11.5 Å². The van der Waals surface area contributed by atoms with Crippen LogP contribution in [0.15, 0.2) is 30.6 Å². The Hall–Kier alpha value is -3.76. The Morgan fingerprint density at radius 3 is 2.35 bits per heavy atom. The molecule has 3 aromatic rings. The van der Waals surface area contributed by atoms with E-state index in [1.54, 1.807) is 9.80 Å². The number of amides is 3. The van der Waals surface area contributed by atoms with Crippen LogP contribution in [-0.2, 0) is 24.6 Å². The summed E-state index contributed by atoms with van der Waals surface area (Å²) in [6.45, 7) is 2.13. The first-order chi connectivity index (χ1) is 21.3. The topological polar surface area (TPSA) is 117 Å². The Bertz CT molecular complexity index is 1580. The summed E-state index contributed by atoms with van der Waals surface area (Å²) >= 11 is 6.41. The molecule has 0 unspecified atom stereocenters. The van der Waals surface area contributed by atoms with Crippen LogP contribution in [0.4, 0.5) is 27.6 Å². The monoisotopic (exact) mass is 692 g/mol. The van der Waals surface area contributed by atoms with Crippen LogP contribution in [-0.4, -0.2) is 92.5 Å². The van der Waals surface area contributed by atoms with Crippen molar-refractivity contribution in [3.8, 4) is 11.3 Å². The number of benzene rings is 1. The van der Waals surface area contributed by atoms with Gasteiger partial charge in [-0.1, -0.05) is 11.6 Å². The van der Waals surface area contributed by atoms with Crippen LogP contribution in [0.3, 0.4) is 0 Å². The van der Waals surface area contributed by atoms with Crippen LogP contribution in [0, 0.1) is 5.92 Å². The molecule has 1 aromatic carbocycles. The quantitative estimate of drug-likeness (QED) is 0.359. The Labute approximate surface area is 271 Å². The highest BCUT2D eigenvalue weighted by atomic mass is 35.5. The molecule has 4 heterocycles. The lowest BCUT2D eigenvalue weighted by molar-refractivity contribution is -0.141. The van der Waals surface area contributed by atoms with Gasteiger partial charge in [0.05, 0.1) is 28.0 Å². The van der Waals surface area contributed by atoms with Gasteiger partial charge in [0, 0.05) is 51.0 Å². The maximum atomic E-state index is 13.6. The Morgan fingerprint density at radius 2 is 1.74 bits per heavy atom. The fraction of sp³-hybridized carbons (Fsp3) is 0.464. The Balaban J connectivity index is 0.00000480. The van der Waals surface area contributed by atoms with E-state index in [1.165, 1.54) is 25.2 Å². The van der Waals surface area contributed by atoms with Crippen molar-refractivity contribution >= 4 is 47.4 Å². The van der Waals surface area contributed by atoms with Crippen LogP contribution in [0.2, 0.25) is 5.02 Å². The maximum absolute atomic E-state index is 13.6. The highest BCUT2D eigenvalue weighted by Crippen LogP contribution is 2.36. The second kappa shape index (κ2) is 14.3. The van der Waals surface area contributed by atoms with E-state index in [9.17, 15) is 36.3 Å². The van der Waals surface area contributed by atoms with Crippen LogP contribution in [0.1, 0.15) is 39.5 Å². The molecule has 0 bridgehead atoms. The van der Waals surface area contributed by atoms with Gasteiger partial charge in [-0.25, -0.2) is 13.8 Å². The van der Waals surface area contributed by atoms with Gasteiger partial charge >= 0.3 is 6.18 Å². The molecule has 250 valence electrons. The maximum Gasteiger partial charge on any atom is 0.435 e. The Kier molecular flexibility index (Phi) is 10.9. The second-order valence-electron chi connectivity index (χ2n) is 10.8. The first-order valence-corrected chi connectivity index (χ1v) is 14.6. The number of carbonyl (C=O) groups is 3. The molecule has 46 heavy (non-hydrogen) atoms. The van der Waals surface area contributed by atoms with Gasteiger partial charge in [-0.05, 0) is 44.1 Å². The molecule has 2 aliphatic rings. The summed E-state index contributed by atoms with van der Waals surface area (Å²) in [6.07, 6.45) is -4.43. The van der Waals surface area contributed by atoms with Crippen molar-refractivity contribution in [2.75, 3.05) is 44.6 Å². The van der Waals surface area contributed by atoms with Gasteiger partial charge in [-0.3, -0.25) is 19.1 Å². The predicted octanol–water partition coefficient (Wildman–Crippen LogP) is 4.18. The molecule has 3 amide bonds. The lowest BCUT2D eigenvalue weighted by Gasteiger charge is -2.37. The van der Waals surface area contributed by atoms with Gasteiger partial charge in [0.25, 0.3) is 18.2 Å². The molecule has 0 spiro atoms. The van der Waals surface area contributed by atoms with Crippen molar-refractivity contribution in [3.63, 3.8) is 0 Å². The van der Waals surface area contributed by atoms with E-state index in [4.69, 9.17) is 11.6 Å². The summed E-state index contributed by atoms with van der Waals surface area (Å²) in [6, 6.07) is 4.27. The molecular formula is C28H31Cl2F5N8O3. The predicted molar refractivity (Wildman–Crippen MR) is 160 cm³/mol. The summed E-state index contributed by atoms with van der Waals surface area (Å²) in [4.78, 5) is 46.4. The standard InChI is InChI=1S/C28H30ClF5N8O3.ClH/c1-39-21(19-14-42(15-22(30)31)38-23(19)28(32,33)34)13-36-24(39)25(43)37-17-2-3-18(20(29)12-17)27(45)41-10-8-40(9-11-41)26(44)16-4-6-35-7-5-16;/h2-3,12-14,16,22,35H,4-11,15H2,1H3,(H,37,43);1H. The number of nitrogens with one attached hydrogen (secondary N) is 2. The number of imidazole rings is 1. The van der Waals surface area contributed by atoms with E-state index in [2.05, 4.69) is 20.7 Å². The number of anilines is 1. The third-order valence-corrected chi connectivity index (χ3v) is 8.16. The van der Waals surface area contributed by atoms with E-state index in [0.717, 1.165) is 42.9 Å². The van der Waals surface area contributed by atoms with E-state index < -0.39 is 36.3 Å². The van der Waals surface area contributed by atoms with Crippen molar-refractivity contribution in [2.45, 2.75) is 32.0 Å². The number of piperazine rings is 1. The average molecular weight is 694 g/mol.